The van der Waals surface area contributed by atoms with Crippen molar-refractivity contribution in [3.05, 3.63) is 0 Å². The molecular weight excluding hydrogens is 222 g/mol. The third-order valence-electron chi connectivity index (χ3n) is 2.99. The average molecular weight is 257 g/mol. The highest BCUT2D eigenvalue weighted by molar-refractivity contribution is 5.78. The summed E-state index contributed by atoms with van der Waals surface area (Å²) in [7, 11) is 1.82. The Morgan fingerprint density at radius 2 is 1.72 bits per heavy atom. The largest absolute Gasteiger partial charge is 0.481 e. The number of hydrogen-bond donors (Lipinski definition) is 0. The quantitative estimate of drug-likeness (QED) is 0.327. The Bertz CT molecular complexity index is 190. The van der Waals surface area contributed by atoms with Crippen LogP contribution in [0.3, 0.4) is 0 Å². The molecule has 0 aliphatic carbocycles. The standard InChI is InChI=1S/C14H29NO.C2H6/c1-6-8-9-10-12(3)11-13(4)14(15-5)16-7-2;1-2/h12-13H,6-11H2,1-5H3;1-2H3. The first-order valence-corrected chi connectivity index (χ1v) is 7.75. The summed E-state index contributed by atoms with van der Waals surface area (Å²) in [6.45, 7) is 13.5. The first-order valence-electron chi connectivity index (χ1n) is 7.75. The molecule has 2 heteroatoms. The van der Waals surface area contributed by atoms with Crippen LogP contribution in [-0.4, -0.2) is 19.6 Å². The normalized spacial score (nSPS) is 14.5. The van der Waals surface area contributed by atoms with Crippen molar-refractivity contribution in [1.82, 2.24) is 0 Å². The molecule has 0 heterocycles. The van der Waals surface area contributed by atoms with Crippen LogP contribution in [-0.2, 0) is 4.74 Å². The molecule has 2 unspecified atom stereocenters. The molecule has 0 saturated heterocycles. The van der Waals surface area contributed by atoms with E-state index < -0.39 is 0 Å². The van der Waals surface area contributed by atoms with Crippen LogP contribution in [0.25, 0.3) is 0 Å². The maximum Gasteiger partial charge on any atom is 0.185 e. The first-order chi connectivity index (χ1) is 8.65. The maximum absolute atomic E-state index is 5.53. The Morgan fingerprint density at radius 3 is 2.17 bits per heavy atom. The van der Waals surface area contributed by atoms with Gasteiger partial charge in [-0.3, -0.25) is 4.99 Å². The smallest absolute Gasteiger partial charge is 0.185 e. The third-order valence-corrected chi connectivity index (χ3v) is 2.99. The van der Waals surface area contributed by atoms with Crippen LogP contribution >= 0.6 is 0 Å². The van der Waals surface area contributed by atoms with E-state index >= 15 is 0 Å². The van der Waals surface area contributed by atoms with Gasteiger partial charge in [0.1, 0.15) is 0 Å². The predicted octanol–water partition coefficient (Wildman–Crippen LogP) is 5.32. The Kier molecular flexibility index (Phi) is 16.0. The second kappa shape index (κ2) is 14.5. The molecule has 0 bridgehead atoms. The van der Waals surface area contributed by atoms with Crippen molar-refractivity contribution in [3.8, 4) is 0 Å². The second-order valence-corrected chi connectivity index (χ2v) is 4.73. The Hall–Kier alpha value is -0.530. The van der Waals surface area contributed by atoms with Gasteiger partial charge in [0.05, 0.1) is 6.61 Å². The molecule has 0 saturated carbocycles. The molecule has 0 radical (unpaired) electrons. The lowest BCUT2D eigenvalue weighted by molar-refractivity contribution is 0.289. The fraction of sp³-hybridized carbons (Fsp3) is 0.938. The van der Waals surface area contributed by atoms with Crippen molar-refractivity contribution < 1.29 is 4.74 Å². The van der Waals surface area contributed by atoms with Crippen molar-refractivity contribution in [3.63, 3.8) is 0 Å². The SMILES string of the molecule is CC.CCCCCC(C)CC(C)C(=NC)OCC. The molecule has 0 aromatic carbocycles. The molecule has 0 aliphatic heterocycles. The zero-order valence-corrected chi connectivity index (χ0v) is 13.8. The number of hydrogen-bond acceptors (Lipinski definition) is 2. The van der Waals surface area contributed by atoms with Crippen LogP contribution in [0.4, 0.5) is 0 Å². The van der Waals surface area contributed by atoms with E-state index in [1.807, 2.05) is 27.8 Å². The predicted molar refractivity (Wildman–Crippen MR) is 83.4 cm³/mol. The van der Waals surface area contributed by atoms with Crippen LogP contribution in [0.1, 0.15) is 73.6 Å². The molecular formula is C16H35NO. The summed E-state index contributed by atoms with van der Waals surface area (Å²) in [5, 5.41) is 0. The van der Waals surface area contributed by atoms with Crippen molar-refractivity contribution >= 4 is 5.90 Å². The van der Waals surface area contributed by atoms with Crippen molar-refractivity contribution in [2.45, 2.75) is 73.6 Å². The lowest BCUT2D eigenvalue weighted by Gasteiger charge is -2.18. The molecule has 110 valence electrons. The molecule has 0 aliphatic rings. The summed E-state index contributed by atoms with van der Waals surface area (Å²) in [4.78, 5) is 4.22. The minimum Gasteiger partial charge on any atom is -0.481 e. The molecule has 0 N–H and O–H groups in total. The molecule has 18 heavy (non-hydrogen) atoms. The summed E-state index contributed by atoms with van der Waals surface area (Å²) < 4.78 is 5.53. The summed E-state index contributed by atoms with van der Waals surface area (Å²) in [6, 6.07) is 0. The van der Waals surface area contributed by atoms with Gasteiger partial charge >= 0.3 is 0 Å². The van der Waals surface area contributed by atoms with Gasteiger partial charge in [-0.2, -0.15) is 0 Å². The minimum atomic E-state index is 0.460. The van der Waals surface area contributed by atoms with E-state index in [1.54, 1.807) is 0 Å². The highest BCUT2D eigenvalue weighted by Crippen LogP contribution is 2.19. The van der Waals surface area contributed by atoms with E-state index in [1.165, 1.54) is 32.1 Å². The maximum atomic E-state index is 5.53. The topological polar surface area (TPSA) is 21.6 Å². The molecule has 0 rings (SSSR count). The number of ether oxygens (including phenoxy) is 1. The van der Waals surface area contributed by atoms with Crippen molar-refractivity contribution in [2.24, 2.45) is 16.8 Å². The second-order valence-electron chi connectivity index (χ2n) is 4.73. The molecule has 0 spiro atoms. The molecule has 0 aromatic rings. The summed E-state index contributed by atoms with van der Waals surface area (Å²) in [6.07, 6.45) is 6.55. The minimum absolute atomic E-state index is 0.460. The molecule has 0 amide bonds. The fourth-order valence-corrected chi connectivity index (χ4v) is 2.14. The summed E-state index contributed by atoms with van der Waals surface area (Å²) >= 11 is 0. The lowest BCUT2D eigenvalue weighted by Crippen LogP contribution is -2.17. The van der Waals surface area contributed by atoms with E-state index in [4.69, 9.17) is 4.74 Å². The molecule has 0 fully saturated rings. The van der Waals surface area contributed by atoms with Gasteiger partial charge in [-0.15, -0.1) is 0 Å². The van der Waals surface area contributed by atoms with Gasteiger partial charge in [-0.05, 0) is 19.3 Å². The first kappa shape index (κ1) is 19.8. The molecule has 2 nitrogen and oxygen atoms in total. The van der Waals surface area contributed by atoms with Crippen molar-refractivity contribution in [2.75, 3.05) is 13.7 Å². The number of aliphatic imine (C=N–C) groups is 1. The van der Waals surface area contributed by atoms with E-state index in [0.717, 1.165) is 18.4 Å². The highest BCUT2D eigenvalue weighted by atomic mass is 16.5. The van der Waals surface area contributed by atoms with Gasteiger partial charge in [0.2, 0.25) is 0 Å². The van der Waals surface area contributed by atoms with Gasteiger partial charge in [-0.25, -0.2) is 0 Å². The number of unbranched alkanes of at least 4 members (excludes halogenated alkanes) is 2. The number of nitrogens with zero attached hydrogens (tertiary/aromatic N) is 1. The van der Waals surface area contributed by atoms with E-state index in [9.17, 15) is 0 Å². The van der Waals surface area contributed by atoms with E-state index in [-0.39, 0.29) is 0 Å². The van der Waals surface area contributed by atoms with Crippen LogP contribution in [0, 0.1) is 11.8 Å². The summed E-state index contributed by atoms with van der Waals surface area (Å²) in [5.74, 6) is 2.16. The zero-order valence-electron chi connectivity index (χ0n) is 13.8. The summed E-state index contributed by atoms with van der Waals surface area (Å²) in [5.41, 5.74) is 0. The monoisotopic (exact) mass is 257 g/mol. The van der Waals surface area contributed by atoms with Crippen LogP contribution < -0.4 is 0 Å². The molecule has 2 atom stereocenters. The van der Waals surface area contributed by atoms with Gasteiger partial charge in [0, 0.05) is 13.0 Å². The van der Waals surface area contributed by atoms with Crippen molar-refractivity contribution in [1.29, 1.82) is 0 Å². The highest BCUT2D eigenvalue weighted by Gasteiger charge is 2.14. The van der Waals surface area contributed by atoms with Gasteiger partial charge in [-0.1, -0.05) is 60.3 Å². The van der Waals surface area contributed by atoms with Crippen LogP contribution in [0.5, 0.6) is 0 Å². The van der Waals surface area contributed by atoms with Gasteiger partial charge in [0.25, 0.3) is 0 Å². The lowest BCUT2D eigenvalue weighted by atomic mass is 9.92. The van der Waals surface area contributed by atoms with E-state index in [2.05, 4.69) is 25.8 Å². The fourth-order valence-electron chi connectivity index (χ4n) is 2.14. The van der Waals surface area contributed by atoms with Crippen LogP contribution in [0.15, 0.2) is 4.99 Å². The molecule has 0 aromatic heterocycles. The Labute approximate surface area is 115 Å². The van der Waals surface area contributed by atoms with Crippen LogP contribution in [0.2, 0.25) is 0 Å². The zero-order chi connectivity index (χ0) is 14.4. The van der Waals surface area contributed by atoms with Gasteiger partial charge < -0.3 is 4.74 Å². The van der Waals surface area contributed by atoms with E-state index in [0.29, 0.717) is 5.92 Å². The average Bonchev–Trinajstić information content (AvgIpc) is 2.38. The third kappa shape index (κ3) is 10.6. The van der Waals surface area contributed by atoms with Gasteiger partial charge in [0.15, 0.2) is 5.90 Å². The Balaban J connectivity index is 0. The number of rotatable bonds is 8. The Morgan fingerprint density at radius 1 is 1.11 bits per heavy atom.